The number of nitrogens with one attached hydrogen (secondary N) is 1. The van der Waals surface area contributed by atoms with Gasteiger partial charge in [-0.1, -0.05) is 0 Å². The van der Waals surface area contributed by atoms with Gasteiger partial charge in [0.1, 0.15) is 17.0 Å². The van der Waals surface area contributed by atoms with Crippen molar-refractivity contribution in [2.24, 2.45) is 0 Å². The van der Waals surface area contributed by atoms with Gasteiger partial charge in [-0.2, -0.15) is 0 Å². The standard InChI is InChI=1S/C16H17N3O2/c1-9-5-11-16(8-13(9)19(2)3)21-15-6-10(17)14(20-4)7-12(15)18-11/h5-8,17H,1-4H3. The van der Waals surface area contributed by atoms with Gasteiger partial charge in [0.05, 0.1) is 12.5 Å². The molecule has 21 heavy (non-hydrogen) atoms. The van der Waals surface area contributed by atoms with E-state index in [4.69, 9.17) is 14.6 Å². The molecule has 0 bridgehead atoms. The third-order valence-electron chi connectivity index (χ3n) is 3.50. The minimum absolute atomic E-state index is 0.287. The van der Waals surface area contributed by atoms with Crippen LogP contribution in [0.5, 0.6) is 5.75 Å². The number of methoxy groups -OCH3 is 1. The molecule has 0 radical (unpaired) electrons. The first-order valence-corrected chi connectivity index (χ1v) is 6.65. The molecule has 2 aliphatic rings. The zero-order valence-corrected chi connectivity index (χ0v) is 12.5. The Morgan fingerprint density at radius 1 is 1.19 bits per heavy atom. The second-order valence-corrected chi connectivity index (χ2v) is 5.23. The Hall–Kier alpha value is -2.56. The van der Waals surface area contributed by atoms with E-state index in [2.05, 4.69) is 4.98 Å². The van der Waals surface area contributed by atoms with Crippen molar-refractivity contribution in [3.63, 3.8) is 0 Å². The predicted molar refractivity (Wildman–Crippen MR) is 82.1 cm³/mol. The number of ether oxygens (including phenoxy) is 1. The summed E-state index contributed by atoms with van der Waals surface area (Å²) in [5.74, 6) is 1.08. The van der Waals surface area contributed by atoms with E-state index in [1.807, 2.05) is 38.1 Å². The van der Waals surface area contributed by atoms with Crippen LogP contribution in [0.25, 0.3) is 22.6 Å². The number of aromatic nitrogens is 1. The summed E-state index contributed by atoms with van der Waals surface area (Å²) >= 11 is 0. The van der Waals surface area contributed by atoms with E-state index >= 15 is 0 Å². The van der Waals surface area contributed by atoms with Gasteiger partial charge in [-0.05, 0) is 18.6 Å². The van der Waals surface area contributed by atoms with Gasteiger partial charge in [-0.25, -0.2) is 4.98 Å². The van der Waals surface area contributed by atoms with Crippen LogP contribution < -0.4 is 15.0 Å². The second-order valence-electron chi connectivity index (χ2n) is 5.23. The number of hydrogen-bond donors (Lipinski definition) is 1. The van der Waals surface area contributed by atoms with E-state index in [9.17, 15) is 0 Å². The quantitative estimate of drug-likeness (QED) is 0.735. The smallest absolute Gasteiger partial charge is 0.155 e. The lowest BCUT2D eigenvalue weighted by Gasteiger charge is -2.16. The Labute approximate surface area is 122 Å². The van der Waals surface area contributed by atoms with Crippen molar-refractivity contribution in [1.82, 2.24) is 4.98 Å². The monoisotopic (exact) mass is 283 g/mol. The van der Waals surface area contributed by atoms with E-state index in [0.717, 1.165) is 16.8 Å². The molecule has 0 saturated heterocycles. The van der Waals surface area contributed by atoms with E-state index < -0.39 is 0 Å². The van der Waals surface area contributed by atoms with Gasteiger partial charge in [0, 0.05) is 38.0 Å². The summed E-state index contributed by atoms with van der Waals surface area (Å²) < 4.78 is 11.1. The predicted octanol–water partition coefficient (Wildman–Crippen LogP) is 2.80. The molecule has 5 nitrogen and oxygen atoms in total. The van der Waals surface area contributed by atoms with E-state index in [1.54, 1.807) is 19.2 Å². The van der Waals surface area contributed by atoms with Gasteiger partial charge in [0.25, 0.3) is 0 Å². The molecule has 0 spiro atoms. The molecule has 0 fully saturated rings. The Morgan fingerprint density at radius 2 is 1.95 bits per heavy atom. The van der Waals surface area contributed by atoms with Gasteiger partial charge in [0.15, 0.2) is 11.3 Å². The molecular formula is C16H17N3O2. The van der Waals surface area contributed by atoms with Crippen molar-refractivity contribution in [3.8, 4) is 17.2 Å². The normalized spacial score (nSPS) is 11.0. The molecule has 1 aliphatic heterocycles. The second kappa shape index (κ2) is 4.77. The summed E-state index contributed by atoms with van der Waals surface area (Å²) in [6.07, 6.45) is 0. The zero-order chi connectivity index (χ0) is 15.1. The van der Waals surface area contributed by atoms with Crippen LogP contribution >= 0.6 is 0 Å². The third kappa shape index (κ3) is 2.20. The van der Waals surface area contributed by atoms with Crippen LogP contribution in [0.15, 0.2) is 28.7 Å². The molecule has 5 heteroatoms. The van der Waals surface area contributed by atoms with Gasteiger partial charge >= 0.3 is 0 Å². The Kier molecular flexibility index (Phi) is 3.05. The summed E-state index contributed by atoms with van der Waals surface area (Å²) in [7, 11) is 5.54. The maximum atomic E-state index is 7.88. The number of fused-ring (bicyclic) bond motifs is 2. The van der Waals surface area contributed by atoms with Crippen LogP contribution in [0.4, 0.5) is 5.69 Å². The van der Waals surface area contributed by atoms with Crippen molar-refractivity contribution < 1.29 is 9.15 Å². The lowest BCUT2D eigenvalue weighted by molar-refractivity contribution is 0.408. The molecule has 1 aromatic rings. The van der Waals surface area contributed by atoms with Gasteiger partial charge in [-0.15, -0.1) is 0 Å². The number of rotatable bonds is 2. The van der Waals surface area contributed by atoms with Crippen molar-refractivity contribution in [2.45, 2.75) is 6.92 Å². The molecule has 1 N–H and O–H groups in total. The minimum Gasteiger partial charge on any atom is -0.494 e. The number of aryl methyl sites for hydroxylation is 1. The van der Waals surface area contributed by atoms with Crippen molar-refractivity contribution in [1.29, 1.82) is 5.41 Å². The third-order valence-corrected chi connectivity index (χ3v) is 3.50. The SMILES string of the molecule is COc1cc2nc3cc(C)c(N(C)C)cc3oc-2cc1=N. The van der Waals surface area contributed by atoms with E-state index in [-0.39, 0.29) is 5.36 Å². The lowest BCUT2D eigenvalue weighted by atomic mass is 10.1. The van der Waals surface area contributed by atoms with Gasteiger partial charge < -0.3 is 14.1 Å². The Morgan fingerprint density at radius 3 is 2.62 bits per heavy atom. The molecule has 3 rings (SSSR count). The van der Waals surface area contributed by atoms with Crippen LogP contribution in [-0.4, -0.2) is 26.2 Å². The first-order chi connectivity index (χ1) is 9.99. The number of anilines is 1. The highest BCUT2D eigenvalue weighted by molar-refractivity contribution is 5.82. The highest BCUT2D eigenvalue weighted by atomic mass is 16.5. The maximum absolute atomic E-state index is 7.88. The molecule has 0 unspecified atom stereocenters. The molecule has 1 heterocycles. The van der Waals surface area contributed by atoms with Crippen molar-refractivity contribution in [2.75, 3.05) is 26.1 Å². The summed E-state index contributed by atoms with van der Waals surface area (Å²) in [5, 5.41) is 8.17. The molecule has 0 atom stereocenters. The molecule has 0 saturated carbocycles. The molecule has 1 aliphatic carbocycles. The topological polar surface area (TPSA) is 62.4 Å². The molecule has 1 aromatic carbocycles. The lowest BCUT2D eigenvalue weighted by Crippen LogP contribution is -2.10. The maximum Gasteiger partial charge on any atom is 0.155 e. The molecular weight excluding hydrogens is 266 g/mol. The zero-order valence-electron chi connectivity index (χ0n) is 12.5. The van der Waals surface area contributed by atoms with E-state index in [1.165, 1.54) is 0 Å². The number of nitrogens with zero attached hydrogens (tertiary/aromatic N) is 2. The average molecular weight is 283 g/mol. The number of benzene rings is 2. The fraction of sp³-hybridized carbons (Fsp3) is 0.250. The van der Waals surface area contributed by atoms with Gasteiger partial charge in [0.2, 0.25) is 0 Å². The first-order valence-electron chi connectivity index (χ1n) is 6.65. The van der Waals surface area contributed by atoms with Crippen molar-refractivity contribution in [3.05, 3.63) is 35.2 Å². The summed E-state index contributed by atoms with van der Waals surface area (Å²) in [6, 6.07) is 7.35. The average Bonchev–Trinajstić information content (AvgIpc) is 2.44. The van der Waals surface area contributed by atoms with Crippen LogP contribution in [0.3, 0.4) is 0 Å². The highest BCUT2D eigenvalue weighted by Gasteiger charge is 2.13. The molecule has 0 aromatic heterocycles. The Balaban J connectivity index is 2.34. The van der Waals surface area contributed by atoms with E-state index in [0.29, 0.717) is 22.8 Å². The fourth-order valence-electron chi connectivity index (χ4n) is 2.45. The number of hydrogen-bond acceptors (Lipinski definition) is 5. The van der Waals surface area contributed by atoms with Crippen LogP contribution in [0, 0.1) is 12.3 Å². The van der Waals surface area contributed by atoms with Gasteiger partial charge in [-0.3, -0.25) is 5.41 Å². The minimum atomic E-state index is 0.287. The summed E-state index contributed by atoms with van der Waals surface area (Å²) in [5.41, 5.74) is 4.42. The van der Waals surface area contributed by atoms with Crippen molar-refractivity contribution >= 4 is 16.8 Å². The van der Waals surface area contributed by atoms with Crippen LogP contribution in [-0.2, 0) is 0 Å². The molecule has 108 valence electrons. The van der Waals surface area contributed by atoms with Crippen LogP contribution in [0.1, 0.15) is 5.56 Å². The summed E-state index contributed by atoms with van der Waals surface area (Å²) in [6.45, 7) is 2.05. The first kappa shape index (κ1) is 13.4. The summed E-state index contributed by atoms with van der Waals surface area (Å²) in [4.78, 5) is 6.65. The highest BCUT2D eigenvalue weighted by Crippen LogP contribution is 2.30. The molecule has 0 amide bonds. The van der Waals surface area contributed by atoms with Crippen LogP contribution in [0.2, 0.25) is 0 Å². The largest absolute Gasteiger partial charge is 0.494 e. The Bertz CT molecular complexity index is 852. The fourth-order valence-corrected chi connectivity index (χ4v) is 2.45.